The van der Waals surface area contributed by atoms with Crippen molar-refractivity contribution in [2.45, 2.75) is 182 Å². The minimum Gasteiger partial charge on any atom is -0.481 e. The highest BCUT2D eigenvalue weighted by molar-refractivity contribution is 5.74. The van der Waals surface area contributed by atoms with Crippen LogP contribution in [0.1, 0.15) is 168 Å². The maximum absolute atomic E-state index is 13.1. The van der Waals surface area contributed by atoms with Crippen LogP contribution in [0, 0.1) is 72.9 Å². The van der Waals surface area contributed by atoms with Crippen molar-refractivity contribution in [3.05, 3.63) is 35.4 Å². The van der Waals surface area contributed by atoms with Crippen LogP contribution in [0.15, 0.2) is 24.3 Å². The van der Waals surface area contributed by atoms with Gasteiger partial charge in [0.15, 0.2) is 5.79 Å². The first kappa shape index (κ1) is 41.8. The van der Waals surface area contributed by atoms with E-state index in [1.54, 1.807) is 7.11 Å². The zero-order valence-corrected chi connectivity index (χ0v) is 36.7. The number of carboxylic acid groups (broad SMARTS) is 1. The Morgan fingerprint density at radius 3 is 2.25 bits per heavy atom. The minimum atomic E-state index is -1.20. The zero-order chi connectivity index (χ0) is 40.8. The summed E-state index contributed by atoms with van der Waals surface area (Å²) in [6, 6.07) is 8.94. The molecule has 8 rings (SSSR count). The van der Waals surface area contributed by atoms with Crippen LogP contribution in [0.5, 0.6) is 0 Å². The van der Waals surface area contributed by atoms with Crippen LogP contribution in [0.2, 0.25) is 0 Å². The quantitative estimate of drug-likeness (QED) is 0.193. The smallest absolute Gasteiger partial charge is 0.309 e. The molecule has 316 valence electrons. The summed E-state index contributed by atoms with van der Waals surface area (Å²) in [5.74, 6) is 7.30. The lowest BCUT2D eigenvalue weighted by molar-refractivity contribution is -0.336. The topological polar surface area (TPSA) is 96.2 Å². The van der Waals surface area contributed by atoms with Gasteiger partial charge in [-0.1, -0.05) is 77.6 Å². The summed E-state index contributed by atoms with van der Waals surface area (Å²) in [5.41, 5.74) is 0.134. The first-order valence-corrected chi connectivity index (χ1v) is 23.4. The van der Waals surface area contributed by atoms with E-state index in [0.717, 1.165) is 109 Å². The Morgan fingerprint density at radius 2 is 1.56 bits per heavy atom. The highest BCUT2D eigenvalue weighted by atomic mass is 16.6. The number of benzene rings is 1. The molecule has 6 nitrogen and oxygen atoms in total. The summed E-state index contributed by atoms with van der Waals surface area (Å²) >= 11 is 0. The van der Waals surface area contributed by atoms with Crippen LogP contribution in [0.25, 0.3) is 0 Å². The summed E-state index contributed by atoms with van der Waals surface area (Å²) in [5, 5.41) is 36.0. The highest BCUT2D eigenvalue weighted by Crippen LogP contribution is 2.88. The summed E-state index contributed by atoms with van der Waals surface area (Å²) in [4.78, 5) is 13.1. The maximum atomic E-state index is 13.1. The van der Waals surface area contributed by atoms with Crippen LogP contribution < -0.4 is 0 Å². The molecule has 5 saturated carbocycles. The molecule has 0 radical (unpaired) electrons. The van der Waals surface area contributed by atoms with E-state index < -0.39 is 28.0 Å². The molecule has 6 aliphatic carbocycles. The number of carboxylic acids is 1. The Labute approximate surface area is 345 Å². The number of rotatable bonds is 11. The standard InChI is InChI=1S/C51H76O6/c1-8-11-36-13-10-20-48-28-30-50-39(12-9-2)51(55,57-41(50)33-38-16-14-37(15-17-38)19-32-56-7)31-29-49(50,35-52)46(48,6)26-27-47(21-18-36)40-34-44(4,42(53)54)23-22-43(40,3)24-25-45(47,48)5/h14-17,36,39-41,52,55H,8-9,11-13,18-19,21-35H2,1-7H3,(H,53,54)/t36-,39+,40?,41-,43-,44+,45-,46-,47-,48+,49+,50+,51-/m0/s1. The SMILES string of the molecule is CCC[C@H]1CC#C[C@]23CC[C@@]45[C@H](Cc6ccc(CCOC)cc6)O[C@@](O)(CC[C@@]4(CO)[C@@]2(C)CC[C@@]2(CC1)C1C[C@](C)(C(=O)O)CC[C@@]1(C)CC[C@@]23C)[C@@H]5CCC. The van der Waals surface area contributed by atoms with E-state index in [1.165, 1.54) is 24.0 Å². The van der Waals surface area contributed by atoms with E-state index in [1.807, 2.05) is 6.92 Å². The van der Waals surface area contributed by atoms with Gasteiger partial charge in [-0.2, -0.15) is 0 Å². The first-order chi connectivity index (χ1) is 27.1. The Hall–Kier alpha value is -1.91. The zero-order valence-electron chi connectivity index (χ0n) is 36.7. The molecule has 0 aromatic heterocycles. The van der Waals surface area contributed by atoms with Gasteiger partial charge in [-0.05, 0) is 154 Å². The fourth-order valence-corrected chi connectivity index (χ4v) is 17.1. The molecular formula is C51H76O6. The molecule has 6 fully saturated rings. The van der Waals surface area contributed by atoms with Gasteiger partial charge in [-0.3, -0.25) is 4.79 Å². The van der Waals surface area contributed by atoms with Crippen LogP contribution in [-0.2, 0) is 27.1 Å². The summed E-state index contributed by atoms with van der Waals surface area (Å²) < 4.78 is 12.5. The van der Waals surface area contributed by atoms with Gasteiger partial charge in [0.2, 0.25) is 0 Å². The summed E-state index contributed by atoms with van der Waals surface area (Å²) in [6.45, 7) is 15.1. The first-order valence-electron chi connectivity index (χ1n) is 23.4. The van der Waals surface area contributed by atoms with Gasteiger partial charge in [-0.15, -0.1) is 5.92 Å². The fraction of sp³-hybridized carbons (Fsp3) is 0.824. The van der Waals surface area contributed by atoms with Gasteiger partial charge < -0.3 is 24.8 Å². The van der Waals surface area contributed by atoms with Crippen molar-refractivity contribution in [2.24, 2.45) is 61.1 Å². The Kier molecular flexibility index (Phi) is 10.5. The number of ether oxygens (including phenoxy) is 2. The molecule has 7 aliphatic rings. The van der Waals surface area contributed by atoms with E-state index in [0.29, 0.717) is 24.9 Å². The van der Waals surface area contributed by atoms with Gasteiger partial charge in [0, 0.05) is 48.7 Å². The molecule has 4 bridgehead atoms. The normalized spacial score (nSPS) is 48.4. The Balaban J connectivity index is 1.30. The maximum Gasteiger partial charge on any atom is 0.309 e. The molecular weight excluding hydrogens is 709 g/mol. The van der Waals surface area contributed by atoms with Crippen LogP contribution in [0.3, 0.4) is 0 Å². The van der Waals surface area contributed by atoms with Crippen molar-refractivity contribution in [1.29, 1.82) is 0 Å². The summed E-state index contributed by atoms with van der Waals surface area (Å²) in [7, 11) is 1.75. The highest BCUT2D eigenvalue weighted by Gasteiger charge is 2.85. The number of aliphatic hydroxyl groups excluding tert-OH is 1. The summed E-state index contributed by atoms with van der Waals surface area (Å²) in [6.07, 6.45) is 18.7. The largest absolute Gasteiger partial charge is 0.481 e. The molecule has 3 N–H and O–H groups in total. The number of hydrogen-bond donors (Lipinski definition) is 3. The molecule has 1 aromatic rings. The predicted molar refractivity (Wildman–Crippen MR) is 225 cm³/mol. The lowest BCUT2D eigenvalue weighted by Gasteiger charge is -2.81. The van der Waals surface area contributed by atoms with Crippen LogP contribution in [-0.4, -0.2) is 53.5 Å². The number of hydrogen-bond acceptors (Lipinski definition) is 5. The lowest BCUT2D eigenvalue weighted by Crippen LogP contribution is -2.78. The molecule has 1 aromatic carbocycles. The molecule has 1 saturated heterocycles. The fourth-order valence-electron chi connectivity index (χ4n) is 17.1. The molecule has 6 heteroatoms. The average Bonchev–Trinajstić information content (AvgIpc) is 3.35. The van der Waals surface area contributed by atoms with E-state index in [4.69, 9.17) is 9.47 Å². The van der Waals surface area contributed by atoms with E-state index >= 15 is 0 Å². The second-order valence-electron chi connectivity index (χ2n) is 22.0. The minimum absolute atomic E-state index is 0.0306. The van der Waals surface area contributed by atoms with Crippen molar-refractivity contribution < 1.29 is 29.6 Å². The second-order valence-corrected chi connectivity index (χ2v) is 22.0. The third kappa shape index (κ3) is 5.45. The van der Waals surface area contributed by atoms with Crippen LogP contribution in [0.4, 0.5) is 0 Å². The van der Waals surface area contributed by atoms with Gasteiger partial charge in [0.05, 0.1) is 18.1 Å². The number of carbonyl (C=O) groups is 1. The average molecular weight is 785 g/mol. The number of methoxy groups -OCH3 is 1. The number of fused-ring (bicyclic) bond motifs is 3. The van der Waals surface area contributed by atoms with Crippen LogP contribution >= 0.6 is 0 Å². The molecule has 1 unspecified atom stereocenters. The third-order valence-corrected chi connectivity index (χ3v) is 20.3. The van der Waals surface area contributed by atoms with Crippen molar-refractivity contribution >= 4 is 5.97 Å². The molecule has 13 atom stereocenters. The molecule has 57 heavy (non-hydrogen) atoms. The van der Waals surface area contributed by atoms with E-state index in [9.17, 15) is 20.1 Å². The molecule has 0 amide bonds. The van der Waals surface area contributed by atoms with Gasteiger partial charge in [0.25, 0.3) is 0 Å². The molecule has 1 heterocycles. The van der Waals surface area contributed by atoms with Gasteiger partial charge >= 0.3 is 5.97 Å². The number of aliphatic hydroxyl groups is 2. The number of aliphatic carboxylic acids is 1. The molecule has 1 aliphatic heterocycles. The predicted octanol–water partition coefficient (Wildman–Crippen LogP) is 10.5. The Bertz CT molecular complexity index is 1750. The second kappa shape index (κ2) is 14.3. The van der Waals surface area contributed by atoms with E-state index in [2.05, 4.69) is 70.7 Å². The third-order valence-electron chi connectivity index (χ3n) is 20.3. The van der Waals surface area contributed by atoms with Gasteiger partial charge in [-0.25, -0.2) is 0 Å². The van der Waals surface area contributed by atoms with Crippen molar-refractivity contribution in [3.8, 4) is 11.8 Å². The van der Waals surface area contributed by atoms with E-state index in [-0.39, 0.29) is 45.7 Å². The van der Waals surface area contributed by atoms with Crippen molar-refractivity contribution in [1.82, 2.24) is 0 Å². The lowest BCUT2D eigenvalue weighted by atomic mass is 9.22. The monoisotopic (exact) mass is 785 g/mol. The van der Waals surface area contributed by atoms with Crippen molar-refractivity contribution in [2.75, 3.05) is 20.3 Å². The van der Waals surface area contributed by atoms with Gasteiger partial charge in [0.1, 0.15) is 0 Å². The Morgan fingerprint density at radius 1 is 0.860 bits per heavy atom. The molecule has 2 spiro atoms. The van der Waals surface area contributed by atoms with Crippen molar-refractivity contribution in [3.63, 3.8) is 0 Å².